The second-order valence-corrected chi connectivity index (χ2v) is 9.76. The van der Waals surface area contributed by atoms with Crippen LogP contribution < -0.4 is 4.90 Å². The molecule has 0 unspecified atom stereocenters. The van der Waals surface area contributed by atoms with Crippen LogP contribution in [0, 0.1) is 11.3 Å². The molecule has 0 radical (unpaired) electrons. The number of nitrogens with zero attached hydrogens (tertiary/aromatic N) is 5. The first-order valence-electron chi connectivity index (χ1n) is 12.5. The largest absolute Gasteiger partial charge is 0.375 e. The smallest absolute Gasteiger partial charge is 0.241 e. The second kappa shape index (κ2) is 12.1. The lowest BCUT2D eigenvalue weighted by Gasteiger charge is -2.40. The zero-order valence-electron chi connectivity index (χ0n) is 20.9. The minimum Gasteiger partial charge on any atom is -0.375 e. The number of halogens is 1. The van der Waals surface area contributed by atoms with E-state index in [1.165, 1.54) is 0 Å². The van der Waals surface area contributed by atoms with Crippen LogP contribution in [0.25, 0.3) is 0 Å². The number of carbonyl (C=O) groups is 1. The molecule has 1 aliphatic heterocycles. The number of anilines is 1. The maximum atomic E-state index is 13.3. The third-order valence-corrected chi connectivity index (χ3v) is 6.91. The Morgan fingerprint density at radius 1 is 1.00 bits per heavy atom. The van der Waals surface area contributed by atoms with E-state index in [2.05, 4.69) is 20.5 Å². The summed E-state index contributed by atoms with van der Waals surface area (Å²) in [6.45, 7) is 2.85. The number of nitriles is 1. The van der Waals surface area contributed by atoms with E-state index in [1.807, 2.05) is 79.0 Å². The summed E-state index contributed by atoms with van der Waals surface area (Å²) >= 11 is 6.22. The van der Waals surface area contributed by atoms with Crippen molar-refractivity contribution in [3.8, 4) is 6.07 Å². The standard InChI is InChI=1S/C30H28ClN5O2/c31-26-7-4-8-27(15-26)36-18-28(22-38-21-25-5-2-1-3-6-25)35(20-30(36)37)19-29-33-13-14-34(29)17-24-11-9-23(16-32)10-12-24/h1-15,28H,17-22H2/t28-/m1/s1. The highest BCUT2D eigenvalue weighted by Gasteiger charge is 2.34. The van der Waals surface area contributed by atoms with Crippen molar-refractivity contribution in [3.63, 3.8) is 0 Å². The summed E-state index contributed by atoms with van der Waals surface area (Å²) in [6, 6.07) is 27.1. The summed E-state index contributed by atoms with van der Waals surface area (Å²) in [5.41, 5.74) is 3.61. The summed E-state index contributed by atoms with van der Waals surface area (Å²) in [4.78, 5) is 21.8. The fraction of sp³-hybridized carbons (Fsp3) is 0.233. The Morgan fingerprint density at radius 3 is 2.58 bits per heavy atom. The maximum Gasteiger partial charge on any atom is 0.241 e. The number of amides is 1. The van der Waals surface area contributed by atoms with Crippen molar-refractivity contribution in [3.05, 3.63) is 119 Å². The lowest BCUT2D eigenvalue weighted by atomic mass is 10.1. The van der Waals surface area contributed by atoms with E-state index >= 15 is 0 Å². The molecule has 2 heterocycles. The van der Waals surface area contributed by atoms with Crippen LogP contribution in [0.5, 0.6) is 0 Å². The van der Waals surface area contributed by atoms with Gasteiger partial charge in [-0.3, -0.25) is 9.69 Å². The first-order chi connectivity index (χ1) is 18.6. The van der Waals surface area contributed by atoms with E-state index in [9.17, 15) is 4.79 Å². The average Bonchev–Trinajstić information content (AvgIpc) is 3.37. The predicted octanol–water partition coefficient (Wildman–Crippen LogP) is 4.89. The van der Waals surface area contributed by atoms with E-state index < -0.39 is 0 Å². The summed E-state index contributed by atoms with van der Waals surface area (Å²) in [5.74, 6) is 0.878. The molecule has 8 heteroatoms. The van der Waals surface area contributed by atoms with E-state index in [-0.39, 0.29) is 18.5 Å². The van der Waals surface area contributed by atoms with Gasteiger partial charge in [-0.2, -0.15) is 5.26 Å². The molecular weight excluding hydrogens is 498 g/mol. The Morgan fingerprint density at radius 2 is 1.82 bits per heavy atom. The number of imidazole rings is 1. The molecule has 7 nitrogen and oxygen atoms in total. The van der Waals surface area contributed by atoms with Gasteiger partial charge in [-0.05, 0) is 41.5 Å². The summed E-state index contributed by atoms with van der Waals surface area (Å²) in [5, 5.41) is 9.67. The SMILES string of the molecule is N#Cc1ccc(Cn2ccnc2CN2CC(=O)N(c3cccc(Cl)c3)C[C@@H]2COCc2ccccc2)cc1. The molecule has 192 valence electrons. The fourth-order valence-corrected chi connectivity index (χ4v) is 4.82. The van der Waals surface area contributed by atoms with Gasteiger partial charge in [0.2, 0.25) is 5.91 Å². The zero-order valence-corrected chi connectivity index (χ0v) is 21.7. The number of rotatable bonds is 9. The van der Waals surface area contributed by atoms with E-state index in [4.69, 9.17) is 21.6 Å². The van der Waals surface area contributed by atoms with Crippen molar-refractivity contribution in [2.45, 2.75) is 25.7 Å². The first kappa shape index (κ1) is 25.7. The lowest BCUT2D eigenvalue weighted by molar-refractivity contribution is -0.123. The number of hydrogen-bond acceptors (Lipinski definition) is 5. The van der Waals surface area contributed by atoms with Gasteiger partial charge >= 0.3 is 0 Å². The van der Waals surface area contributed by atoms with Gasteiger partial charge in [0.15, 0.2) is 0 Å². The Labute approximate surface area is 227 Å². The molecule has 38 heavy (non-hydrogen) atoms. The van der Waals surface area contributed by atoms with Gasteiger partial charge in [-0.1, -0.05) is 60.1 Å². The van der Waals surface area contributed by atoms with Crippen LogP contribution in [0.4, 0.5) is 5.69 Å². The van der Waals surface area contributed by atoms with Crippen molar-refractivity contribution in [1.82, 2.24) is 14.5 Å². The molecule has 1 fully saturated rings. The summed E-state index contributed by atoms with van der Waals surface area (Å²) < 4.78 is 8.22. The molecule has 4 aromatic rings. The van der Waals surface area contributed by atoms with Crippen molar-refractivity contribution >= 4 is 23.2 Å². The van der Waals surface area contributed by atoms with Gasteiger partial charge < -0.3 is 14.2 Å². The molecule has 1 amide bonds. The quantitative estimate of drug-likeness (QED) is 0.311. The normalized spacial score (nSPS) is 15.9. The number of carbonyl (C=O) groups excluding carboxylic acids is 1. The van der Waals surface area contributed by atoms with Crippen LogP contribution in [0.3, 0.4) is 0 Å². The lowest BCUT2D eigenvalue weighted by Crippen LogP contribution is -2.57. The Hall–Kier alpha value is -3.96. The Kier molecular flexibility index (Phi) is 8.15. The fourth-order valence-electron chi connectivity index (χ4n) is 4.64. The maximum absolute atomic E-state index is 13.3. The zero-order chi connectivity index (χ0) is 26.3. The minimum atomic E-state index is -0.0320. The van der Waals surface area contributed by atoms with Gasteiger partial charge in [0.25, 0.3) is 0 Å². The number of aromatic nitrogens is 2. The monoisotopic (exact) mass is 525 g/mol. The number of piperazine rings is 1. The third-order valence-electron chi connectivity index (χ3n) is 6.67. The Balaban J connectivity index is 1.32. The van der Waals surface area contributed by atoms with Crippen LogP contribution in [-0.2, 0) is 29.2 Å². The van der Waals surface area contributed by atoms with Crippen molar-refractivity contribution in [2.75, 3.05) is 24.6 Å². The van der Waals surface area contributed by atoms with E-state index in [1.54, 1.807) is 17.2 Å². The van der Waals surface area contributed by atoms with E-state index in [0.717, 1.165) is 22.6 Å². The van der Waals surface area contributed by atoms with Gasteiger partial charge in [0.1, 0.15) is 5.82 Å². The van der Waals surface area contributed by atoms with Gasteiger partial charge in [-0.15, -0.1) is 0 Å². The van der Waals surface area contributed by atoms with Gasteiger partial charge in [-0.25, -0.2) is 4.98 Å². The molecular formula is C30H28ClN5O2. The Bertz CT molecular complexity index is 1410. The molecule has 0 aliphatic carbocycles. The summed E-state index contributed by atoms with van der Waals surface area (Å²) in [6.07, 6.45) is 3.72. The molecule has 0 N–H and O–H groups in total. The highest BCUT2D eigenvalue weighted by Crippen LogP contribution is 2.25. The van der Waals surface area contributed by atoms with Gasteiger partial charge in [0.05, 0.1) is 44.0 Å². The highest BCUT2D eigenvalue weighted by molar-refractivity contribution is 6.30. The second-order valence-electron chi connectivity index (χ2n) is 9.32. The van der Waals surface area contributed by atoms with Gasteiger partial charge in [0, 0.05) is 36.2 Å². The molecule has 1 atom stereocenters. The van der Waals surface area contributed by atoms with Crippen molar-refractivity contribution < 1.29 is 9.53 Å². The van der Waals surface area contributed by atoms with Crippen LogP contribution in [0.1, 0.15) is 22.5 Å². The minimum absolute atomic E-state index is 0.0109. The molecule has 0 bridgehead atoms. The van der Waals surface area contributed by atoms with Crippen LogP contribution in [0.15, 0.2) is 91.3 Å². The van der Waals surface area contributed by atoms with Crippen molar-refractivity contribution in [2.24, 2.45) is 0 Å². The molecule has 1 aliphatic rings. The van der Waals surface area contributed by atoms with Crippen LogP contribution in [0.2, 0.25) is 5.02 Å². The molecule has 0 saturated carbocycles. The van der Waals surface area contributed by atoms with Crippen LogP contribution in [-0.4, -0.2) is 46.1 Å². The highest BCUT2D eigenvalue weighted by atomic mass is 35.5. The molecule has 1 aromatic heterocycles. The van der Waals surface area contributed by atoms with E-state index in [0.29, 0.717) is 43.4 Å². The topological polar surface area (TPSA) is 74.4 Å². The average molecular weight is 526 g/mol. The predicted molar refractivity (Wildman–Crippen MR) is 147 cm³/mol. The number of ether oxygens (including phenoxy) is 1. The summed E-state index contributed by atoms with van der Waals surface area (Å²) in [7, 11) is 0. The number of hydrogen-bond donors (Lipinski definition) is 0. The first-order valence-corrected chi connectivity index (χ1v) is 12.9. The number of benzene rings is 3. The third kappa shape index (κ3) is 6.29. The molecule has 3 aromatic carbocycles. The molecule has 1 saturated heterocycles. The molecule has 5 rings (SSSR count). The molecule has 0 spiro atoms. The van der Waals surface area contributed by atoms with Crippen LogP contribution >= 0.6 is 11.6 Å². The van der Waals surface area contributed by atoms with Crippen molar-refractivity contribution in [1.29, 1.82) is 5.26 Å².